The molecular weight excluding hydrogens is 230 g/mol. The number of nitrogens with one attached hydrogen (secondary N) is 1. The highest BCUT2D eigenvalue weighted by molar-refractivity contribution is 5.48. The third kappa shape index (κ3) is 2.88. The summed E-state index contributed by atoms with van der Waals surface area (Å²) in [5.41, 5.74) is 3.58. The standard InChI is InChI=1S/C12H21N5O/c1-9-7-14-12(16-13)15-11(9)17-5-3-10(4-6-17)8-18-2/h7,10H,3-6,8,13H2,1-2H3,(H,14,15,16). The summed E-state index contributed by atoms with van der Waals surface area (Å²) in [5.74, 6) is 7.46. The third-order valence-electron chi connectivity index (χ3n) is 3.39. The predicted molar refractivity (Wildman–Crippen MR) is 71.4 cm³/mol. The molecule has 0 spiro atoms. The van der Waals surface area contributed by atoms with Crippen LogP contribution in [-0.2, 0) is 4.74 Å². The number of aryl methyl sites for hydroxylation is 1. The van der Waals surface area contributed by atoms with Crippen LogP contribution in [-0.4, -0.2) is 36.8 Å². The van der Waals surface area contributed by atoms with E-state index in [-0.39, 0.29) is 0 Å². The van der Waals surface area contributed by atoms with Crippen LogP contribution >= 0.6 is 0 Å². The molecule has 0 aromatic carbocycles. The number of nitrogen functional groups attached to an aromatic ring is 1. The smallest absolute Gasteiger partial charge is 0.239 e. The molecule has 1 fully saturated rings. The predicted octanol–water partition coefficient (Wildman–Crippen LogP) is 0.933. The van der Waals surface area contributed by atoms with Crippen molar-refractivity contribution in [1.82, 2.24) is 9.97 Å². The van der Waals surface area contributed by atoms with Gasteiger partial charge in [-0.3, -0.25) is 5.43 Å². The second-order valence-corrected chi connectivity index (χ2v) is 4.73. The fraction of sp³-hybridized carbons (Fsp3) is 0.667. The zero-order chi connectivity index (χ0) is 13.0. The van der Waals surface area contributed by atoms with Gasteiger partial charge in [0, 0.05) is 38.6 Å². The number of piperidine rings is 1. The van der Waals surface area contributed by atoms with E-state index in [1.165, 1.54) is 0 Å². The number of nitrogens with two attached hydrogens (primary N) is 1. The molecule has 18 heavy (non-hydrogen) atoms. The van der Waals surface area contributed by atoms with Crippen LogP contribution < -0.4 is 16.2 Å². The van der Waals surface area contributed by atoms with Gasteiger partial charge in [0.15, 0.2) is 0 Å². The molecule has 100 valence electrons. The lowest BCUT2D eigenvalue weighted by molar-refractivity contribution is 0.139. The normalized spacial score (nSPS) is 16.9. The monoisotopic (exact) mass is 251 g/mol. The number of rotatable bonds is 4. The van der Waals surface area contributed by atoms with E-state index >= 15 is 0 Å². The Morgan fingerprint density at radius 3 is 2.83 bits per heavy atom. The summed E-state index contributed by atoms with van der Waals surface area (Å²) in [6.45, 7) is 4.90. The van der Waals surface area contributed by atoms with Crippen molar-refractivity contribution in [1.29, 1.82) is 0 Å². The first-order valence-electron chi connectivity index (χ1n) is 6.28. The highest BCUT2D eigenvalue weighted by Crippen LogP contribution is 2.24. The van der Waals surface area contributed by atoms with E-state index < -0.39 is 0 Å². The molecular formula is C12H21N5O. The van der Waals surface area contributed by atoms with E-state index in [0.29, 0.717) is 11.9 Å². The molecule has 2 heterocycles. The maximum atomic E-state index is 5.35. The van der Waals surface area contributed by atoms with Gasteiger partial charge in [0.2, 0.25) is 5.95 Å². The molecule has 1 aromatic rings. The first kappa shape index (κ1) is 13.0. The minimum Gasteiger partial charge on any atom is -0.384 e. The number of hydrazine groups is 1. The molecule has 0 saturated carbocycles. The van der Waals surface area contributed by atoms with Crippen molar-refractivity contribution in [3.05, 3.63) is 11.8 Å². The zero-order valence-corrected chi connectivity index (χ0v) is 11.0. The largest absolute Gasteiger partial charge is 0.384 e. The van der Waals surface area contributed by atoms with Gasteiger partial charge in [-0.2, -0.15) is 4.98 Å². The fourth-order valence-electron chi connectivity index (χ4n) is 2.37. The highest BCUT2D eigenvalue weighted by Gasteiger charge is 2.21. The summed E-state index contributed by atoms with van der Waals surface area (Å²) >= 11 is 0. The van der Waals surface area contributed by atoms with Gasteiger partial charge in [0.05, 0.1) is 0 Å². The van der Waals surface area contributed by atoms with Crippen molar-refractivity contribution in [2.45, 2.75) is 19.8 Å². The SMILES string of the molecule is COCC1CCN(c2nc(NN)ncc2C)CC1. The van der Waals surface area contributed by atoms with Gasteiger partial charge in [-0.05, 0) is 25.7 Å². The van der Waals surface area contributed by atoms with E-state index in [9.17, 15) is 0 Å². The van der Waals surface area contributed by atoms with Crippen LogP contribution in [0.2, 0.25) is 0 Å². The van der Waals surface area contributed by atoms with E-state index in [4.69, 9.17) is 10.6 Å². The van der Waals surface area contributed by atoms with Gasteiger partial charge in [0.1, 0.15) is 5.82 Å². The minimum atomic E-state index is 0.467. The second-order valence-electron chi connectivity index (χ2n) is 4.73. The molecule has 1 aliphatic rings. The molecule has 0 unspecified atom stereocenters. The molecule has 0 bridgehead atoms. The van der Waals surface area contributed by atoms with Crippen LogP contribution in [0.25, 0.3) is 0 Å². The van der Waals surface area contributed by atoms with Crippen molar-refractivity contribution in [2.24, 2.45) is 11.8 Å². The van der Waals surface area contributed by atoms with Crippen molar-refractivity contribution in [3.8, 4) is 0 Å². The topological polar surface area (TPSA) is 76.3 Å². The molecule has 0 aliphatic carbocycles. The van der Waals surface area contributed by atoms with E-state index in [2.05, 4.69) is 20.3 Å². The van der Waals surface area contributed by atoms with E-state index in [0.717, 1.165) is 43.9 Å². The summed E-state index contributed by atoms with van der Waals surface area (Å²) in [6, 6.07) is 0. The third-order valence-corrected chi connectivity index (χ3v) is 3.39. The van der Waals surface area contributed by atoms with Gasteiger partial charge < -0.3 is 9.64 Å². The van der Waals surface area contributed by atoms with E-state index in [1.54, 1.807) is 13.3 Å². The number of hydrogen-bond donors (Lipinski definition) is 2. The van der Waals surface area contributed by atoms with Crippen LogP contribution in [0.4, 0.5) is 11.8 Å². The molecule has 6 nitrogen and oxygen atoms in total. The summed E-state index contributed by atoms with van der Waals surface area (Å²) in [7, 11) is 1.76. The number of aromatic nitrogens is 2. The maximum absolute atomic E-state index is 5.35. The summed E-state index contributed by atoms with van der Waals surface area (Å²) in [4.78, 5) is 10.8. The lowest BCUT2D eigenvalue weighted by Gasteiger charge is -2.33. The molecule has 1 aromatic heterocycles. The van der Waals surface area contributed by atoms with Crippen LogP contribution in [0.5, 0.6) is 0 Å². The number of ether oxygens (including phenoxy) is 1. The molecule has 3 N–H and O–H groups in total. The van der Waals surface area contributed by atoms with Gasteiger partial charge in [-0.25, -0.2) is 10.8 Å². The molecule has 6 heteroatoms. The molecule has 1 aliphatic heterocycles. The molecule has 0 radical (unpaired) electrons. The number of nitrogens with zero attached hydrogens (tertiary/aromatic N) is 3. The Kier molecular flexibility index (Phi) is 4.33. The number of methoxy groups -OCH3 is 1. The lowest BCUT2D eigenvalue weighted by Crippen LogP contribution is -2.36. The average molecular weight is 251 g/mol. The average Bonchev–Trinajstić information content (AvgIpc) is 2.41. The van der Waals surface area contributed by atoms with Crippen molar-refractivity contribution >= 4 is 11.8 Å². The Morgan fingerprint density at radius 2 is 2.22 bits per heavy atom. The number of hydrogen-bond acceptors (Lipinski definition) is 6. The van der Waals surface area contributed by atoms with Gasteiger partial charge in [0.25, 0.3) is 0 Å². The first-order valence-corrected chi connectivity index (χ1v) is 6.28. The second kappa shape index (κ2) is 5.97. The van der Waals surface area contributed by atoms with Crippen molar-refractivity contribution < 1.29 is 4.74 Å². The van der Waals surface area contributed by atoms with Gasteiger partial charge in [-0.15, -0.1) is 0 Å². The molecule has 1 saturated heterocycles. The zero-order valence-electron chi connectivity index (χ0n) is 11.0. The van der Waals surface area contributed by atoms with Crippen LogP contribution in [0.15, 0.2) is 6.20 Å². The Morgan fingerprint density at radius 1 is 1.50 bits per heavy atom. The molecule has 2 rings (SSSR count). The quantitative estimate of drug-likeness (QED) is 0.612. The van der Waals surface area contributed by atoms with Crippen LogP contribution in [0.3, 0.4) is 0 Å². The first-order chi connectivity index (χ1) is 8.74. The Hall–Kier alpha value is -1.40. The summed E-state index contributed by atoms with van der Waals surface area (Å²) in [5, 5.41) is 0. The van der Waals surface area contributed by atoms with Crippen molar-refractivity contribution in [3.63, 3.8) is 0 Å². The maximum Gasteiger partial charge on any atom is 0.239 e. The Balaban J connectivity index is 2.04. The molecule has 0 atom stereocenters. The lowest BCUT2D eigenvalue weighted by atomic mass is 9.97. The summed E-state index contributed by atoms with van der Waals surface area (Å²) in [6.07, 6.45) is 4.09. The van der Waals surface area contributed by atoms with E-state index in [1.807, 2.05) is 6.92 Å². The van der Waals surface area contributed by atoms with Gasteiger partial charge >= 0.3 is 0 Å². The van der Waals surface area contributed by atoms with Crippen LogP contribution in [0, 0.1) is 12.8 Å². The Bertz CT molecular complexity index is 390. The summed E-state index contributed by atoms with van der Waals surface area (Å²) < 4.78 is 5.21. The number of anilines is 2. The van der Waals surface area contributed by atoms with Gasteiger partial charge in [-0.1, -0.05) is 0 Å². The van der Waals surface area contributed by atoms with Crippen LogP contribution in [0.1, 0.15) is 18.4 Å². The Labute approximate surface area is 108 Å². The highest BCUT2D eigenvalue weighted by atomic mass is 16.5. The minimum absolute atomic E-state index is 0.467. The van der Waals surface area contributed by atoms with Crippen molar-refractivity contribution in [2.75, 3.05) is 37.1 Å². The fourth-order valence-corrected chi connectivity index (χ4v) is 2.37. The molecule has 0 amide bonds.